The van der Waals surface area contributed by atoms with Crippen LogP contribution in [0.5, 0.6) is 0 Å². The van der Waals surface area contributed by atoms with Gasteiger partial charge in [-0.1, -0.05) is 44.4 Å². The third-order valence-corrected chi connectivity index (χ3v) is 6.59. The summed E-state index contributed by atoms with van der Waals surface area (Å²) < 4.78 is 0. The van der Waals surface area contributed by atoms with Crippen LogP contribution in [0.2, 0.25) is 0 Å². The molecule has 3 rings (SSSR count). The summed E-state index contributed by atoms with van der Waals surface area (Å²) in [6, 6.07) is 8.16. The number of hydrogen-bond acceptors (Lipinski definition) is 4. The summed E-state index contributed by atoms with van der Waals surface area (Å²) in [5.74, 6) is 1.39. The minimum atomic E-state index is 0.0143. The molecular formula is C23H36N4O2. The highest BCUT2D eigenvalue weighted by molar-refractivity contribution is 5.92. The molecule has 6 nitrogen and oxygen atoms in total. The van der Waals surface area contributed by atoms with E-state index in [1.807, 2.05) is 31.2 Å². The Morgan fingerprint density at radius 2 is 1.52 bits per heavy atom. The van der Waals surface area contributed by atoms with E-state index < -0.39 is 0 Å². The lowest BCUT2D eigenvalue weighted by Crippen LogP contribution is -2.52. The summed E-state index contributed by atoms with van der Waals surface area (Å²) in [6.45, 7) is 10.7. The fraction of sp³-hybridized carbons (Fsp3) is 0.652. The average molecular weight is 401 g/mol. The number of nitrogens with zero attached hydrogens (tertiary/aromatic N) is 2. The Hall–Kier alpha value is -1.92. The molecule has 0 radical (unpaired) electrons. The van der Waals surface area contributed by atoms with Crippen molar-refractivity contribution in [2.75, 3.05) is 44.6 Å². The van der Waals surface area contributed by atoms with E-state index in [9.17, 15) is 9.59 Å². The molecule has 2 N–H and O–H groups in total. The molecule has 2 aliphatic rings. The molecule has 3 atom stereocenters. The molecule has 0 aromatic heterocycles. The fourth-order valence-electron chi connectivity index (χ4n) is 4.39. The van der Waals surface area contributed by atoms with E-state index in [1.54, 1.807) is 0 Å². The van der Waals surface area contributed by atoms with Gasteiger partial charge in [0.1, 0.15) is 0 Å². The Labute approximate surface area is 175 Å². The molecule has 1 heterocycles. The van der Waals surface area contributed by atoms with Crippen LogP contribution in [0.15, 0.2) is 24.3 Å². The number of rotatable bonds is 6. The van der Waals surface area contributed by atoms with Crippen molar-refractivity contribution in [2.45, 2.75) is 46.1 Å². The number of carbonyl (C=O) groups is 2. The summed E-state index contributed by atoms with van der Waals surface area (Å²) in [6.07, 6.45) is 3.58. The molecule has 29 heavy (non-hydrogen) atoms. The highest BCUT2D eigenvalue weighted by Crippen LogP contribution is 2.29. The minimum Gasteiger partial charge on any atom is -0.352 e. The lowest BCUT2D eigenvalue weighted by atomic mass is 9.78. The summed E-state index contributed by atoms with van der Waals surface area (Å²) in [5, 5.41) is 6.22. The Bertz CT molecular complexity index is 683. The van der Waals surface area contributed by atoms with Crippen molar-refractivity contribution in [2.24, 2.45) is 11.8 Å². The summed E-state index contributed by atoms with van der Waals surface area (Å²) in [4.78, 5) is 29.1. The highest BCUT2D eigenvalue weighted by atomic mass is 16.2. The van der Waals surface area contributed by atoms with Gasteiger partial charge in [-0.25, -0.2) is 0 Å². The van der Waals surface area contributed by atoms with Crippen LogP contribution >= 0.6 is 0 Å². The van der Waals surface area contributed by atoms with Gasteiger partial charge in [0.05, 0.1) is 13.1 Å². The van der Waals surface area contributed by atoms with Gasteiger partial charge in [0.25, 0.3) is 0 Å². The van der Waals surface area contributed by atoms with Crippen LogP contribution in [0.3, 0.4) is 0 Å². The number of piperazine rings is 1. The Balaban J connectivity index is 1.36. The van der Waals surface area contributed by atoms with E-state index in [0.717, 1.165) is 38.3 Å². The van der Waals surface area contributed by atoms with E-state index in [4.69, 9.17) is 0 Å². The van der Waals surface area contributed by atoms with Crippen molar-refractivity contribution in [3.8, 4) is 0 Å². The average Bonchev–Trinajstić information content (AvgIpc) is 2.69. The largest absolute Gasteiger partial charge is 0.352 e. The maximum Gasteiger partial charge on any atom is 0.238 e. The standard InChI is InChI=1S/C23H36N4O2/c1-17-7-9-20(10-8-17)24-22(28)15-26-11-13-27(14-12-26)16-23(29)25-21-6-4-5-18(2)19(21)3/h7-10,18-19,21H,4-6,11-16H2,1-3H3,(H,24,28)(H,25,29)/t18-,19+,21+/m0/s1. The maximum atomic E-state index is 12.5. The first-order valence-corrected chi connectivity index (χ1v) is 11.0. The van der Waals surface area contributed by atoms with Crippen molar-refractivity contribution in [1.82, 2.24) is 15.1 Å². The lowest BCUT2D eigenvalue weighted by molar-refractivity contribution is -0.124. The number of nitrogens with one attached hydrogen (secondary N) is 2. The van der Waals surface area contributed by atoms with E-state index in [2.05, 4.69) is 34.3 Å². The quantitative estimate of drug-likeness (QED) is 0.770. The van der Waals surface area contributed by atoms with Crippen LogP contribution in [0.1, 0.15) is 38.7 Å². The molecule has 0 bridgehead atoms. The molecule has 1 aliphatic heterocycles. The van der Waals surface area contributed by atoms with Gasteiger partial charge in [0.15, 0.2) is 0 Å². The van der Waals surface area contributed by atoms with Gasteiger partial charge in [-0.05, 0) is 37.3 Å². The lowest BCUT2D eigenvalue weighted by Gasteiger charge is -2.36. The van der Waals surface area contributed by atoms with E-state index >= 15 is 0 Å². The number of carbonyl (C=O) groups excluding carboxylic acids is 2. The first-order valence-electron chi connectivity index (χ1n) is 11.0. The zero-order valence-corrected chi connectivity index (χ0v) is 18.1. The molecule has 0 unspecified atom stereocenters. The molecule has 1 saturated carbocycles. The summed E-state index contributed by atoms with van der Waals surface area (Å²) >= 11 is 0. The third kappa shape index (κ3) is 6.54. The van der Waals surface area contributed by atoms with Crippen molar-refractivity contribution < 1.29 is 9.59 Å². The van der Waals surface area contributed by atoms with Crippen LogP contribution in [-0.4, -0.2) is 66.9 Å². The highest BCUT2D eigenvalue weighted by Gasteiger charge is 2.29. The van der Waals surface area contributed by atoms with Crippen molar-refractivity contribution in [1.29, 1.82) is 0 Å². The topological polar surface area (TPSA) is 64.7 Å². The molecular weight excluding hydrogens is 364 g/mol. The first kappa shape index (κ1) is 21.8. The van der Waals surface area contributed by atoms with Crippen LogP contribution in [-0.2, 0) is 9.59 Å². The summed E-state index contributed by atoms with van der Waals surface area (Å²) in [7, 11) is 0. The number of aryl methyl sites for hydroxylation is 1. The molecule has 2 amide bonds. The van der Waals surface area contributed by atoms with Crippen molar-refractivity contribution >= 4 is 17.5 Å². The van der Waals surface area contributed by atoms with Crippen LogP contribution in [0.25, 0.3) is 0 Å². The Morgan fingerprint density at radius 3 is 2.14 bits per heavy atom. The predicted molar refractivity (Wildman–Crippen MR) is 117 cm³/mol. The van der Waals surface area contributed by atoms with E-state index in [-0.39, 0.29) is 11.8 Å². The Kier molecular flexibility index (Phi) is 7.67. The fourth-order valence-corrected chi connectivity index (χ4v) is 4.39. The van der Waals surface area contributed by atoms with Gasteiger partial charge in [-0.3, -0.25) is 19.4 Å². The molecule has 6 heteroatoms. The number of benzene rings is 1. The SMILES string of the molecule is Cc1ccc(NC(=O)CN2CCN(CC(=O)N[C@@H]3CCC[C@H](C)[C@H]3C)CC2)cc1. The maximum absolute atomic E-state index is 12.5. The second kappa shape index (κ2) is 10.2. The molecule has 0 spiro atoms. The molecule has 1 aromatic rings. The van der Waals surface area contributed by atoms with Crippen LogP contribution < -0.4 is 10.6 Å². The Morgan fingerprint density at radius 1 is 0.931 bits per heavy atom. The monoisotopic (exact) mass is 400 g/mol. The van der Waals surface area contributed by atoms with Gasteiger partial charge < -0.3 is 10.6 Å². The van der Waals surface area contributed by atoms with Gasteiger partial charge >= 0.3 is 0 Å². The van der Waals surface area contributed by atoms with Crippen LogP contribution in [0, 0.1) is 18.8 Å². The molecule has 2 fully saturated rings. The summed E-state index contributed by atoms with van der Waals surface area (Å²) in [5.41, 5.74) is 2.01. The molecule has 1 saturated heterocycles. The molecule has 1 aromatic carbocycles. The second-order valence-corrected chi connectivity index (χ2v) is 8.91. The third-order valence-electron chi connectivity index (χ3n) is 6.59. The van der Waals surface area contributed by atoms with E-state index in [0.29, 0.717) is 31.0 Å². The van der Waals surface area contributed by atoms with Gasteiger partial charge in [-0.2, -0.15) is 0 Å². The predicted octanol–water partition coefficient (Wildman–Crippen LogP) is 2.49. The van der Waals surface area contributed by atoms with Crippen LogP contribution in [0.4, 0.5) is 5.69 Å². The minimum absolute atomic E-state index is 0.0143. The van der Waals surface area contributed by atoms with Gasteiger partial charge in [0.2, 0.25) is 11.8 Å². The second-order valence-electron chi connectivity index (χ2n) is 8.91. The molecule has 160 valence electrons. The number of amides is 2. The normalized spacial score (nSPS) is 26.1. The smallest absolute Gasteiger partial charge is 0.238 e. The number of hydrogen-bond donors (Lipinski definition) is 2. The zero-order chi connectivity index (χ0) is 20.8. The number of anilines is 1. The zero-order valence-electron chi connectivity index (χ0n) is 18.1. The van der Waals surface area contributed by atoms with Crippen molar-refractivity contribution in [3.05, 3.63) is 29.8 Å². The van der Waals surface area contributed by atoms with Crippen molar-refractivity contribution in [3.63, 3.8) is 0 Å². The van der Waals surface area contributed by atoms with E-state index in [1.165, 1.54) is 18.4 Å². The molecule has 1 aliphatic carbocycles. The first-order chi connectivity index (χ1) is 13.9. The van der Waals surface area contributed by atoms with Gasteiger partial charge in [0, 0.05) is 37.9 Å². The van der Waals surface area contributed by atoms with Gasteiger partial charge in [-0.15, -0.1) is 0 Å².